The minimum absolute atomic E-state index is 0.158. The number of hydrogen-bond donors (Lipinski definition) is 0. The van der Waals surface area contributed by atoms with Crippen molar-refractivity contribution in [3.05, 3.63) is 128 Å². The van der Waals surface area contributed by atoms with Gasteiger partial charge in [0.2, 0.25) is 0 Å². The summed E-state index contributed by atoms with van der Waals surface area (Å²) in [5.74, 6) is 1.80. The van der Waals surface area contributed by atoms with Gasteiger partial charge < -0.3 is 0 Å². The number of unbranched alkanes of at least 4 members (excludes halogenated alkanes) is 2. The molecule has 0 bridgehead atoms. The quantitative estimate of drug-likeness (QED) is 0.141. The van der Waals surface area contributed by atoms with E-state index in [-0.39, 0.29) is 11.6 Å². The van der Waals surface area contributed by atoms with Crippen LogP contribution < -0.4 is 0 Å². The van der Waals surface area contributed by atoms with Crippen molar-refractivity contribution in [1.29, 1.82) is 0 Å². The van der Waals surface area contributed by atoms with Crippen LogP contribution in [0.5, 0.6) is 0 Å². The molecule has 0 N–H and O–H groups in total. The zero-order chi connectivity index (χ0) is 39.4. The molecule has 0 saturated heterocycles. The van der Waals surface area contributed by atoms with Gasteiger partial charge in [-0.05, 0) is 109 Å². The molecule has 2 aromatic carbocycles. The predicted octanol–water partition coefficient (Wildman–Crippen LogP) is 16.0. The van der Waals surface area contributed by atoms with Crippen molar-refractivity contribution < 1.29 is 8.78 Å². The van der Waals surface area contributed by atoms with E-state index in [0.29, 0.717) is 29.4 Å². The second kappa shape index (κ2) is 21.1. The highest BCUT2D eigenvalue weighted by atomic mass is 32.2. The SMILES string of the molecule is C=C(C)C1=C(C2=CC=C(c3ccc(CCC(C)C)cc3F)C2)N=C(SCC(C)CCC)/C1=C(/C)c1ccc(-c2ccc(CCCC)cc2F)s1.CCCC. The zero-order valence-electron chi connectivity index (χ0n) is 34.4. The molecule has 0 amide bonds. The molecule has 0 fully saturated rings. The molecule has 0 saturated carbocycles. The van der Waals surface area contributed by atoms with Crippen LogP contribution in [0, 0.1) is 23.5 Å². The Morgan fingerprint density at radius 2 is 1.44 bits per heavy atom. The Bertz CT molecular complexity index is 1910. The Hall–Kier alpha value is -3.28. The molecular formula is C49H63F2NS2. The van der Waals surface area contributed by atoms with Gasteiger partial charge in [0.25, 0.3) is 0 Å². The number of aryl methyl sites for hydroxylation is 2. The van der Waals surface area contributed by atoms with Crippen LogP contribution in [0.4, 0.5) is 8.78 Å². The maximum absolute atomic E-state index is 15.5. The summed E-state index contributed by atoms with van der Waals surface area (Å²) in [4.78, 5) is 7.36. The highest BCUT2D eigenvalue weighted by molar-refractivity contribution is 8.14. The topological polar surface area (TPSA) is 12.4 Å². The molecule has 2 aliphatic rings. The molecule has 5 rings (SSSR count). The molecule has 54 heavy (non-hydrogen) atoms. The Morgan fingerprint density at radius 1 is 0.796 bits per heavy atom. The molecule has 5 heteroatoms. The maximum atomic E-state index is 15.5. The van der Waals surface area contributed by atoms with E-state index in [2.05, 4.69) is 99.2 Å². The summed E-state index contributed by atoms with van der Waals surface area (Å²) in [6.07, 6.45) is 14.7. The van der Waals surface area contributed by atoms with E-state index in [4.69, 9.17) is 4.99 Å². The standard InChI is InChI=1S/C45H53F2NS2.C4H10/c1-9-11-13-32-17-21-37(39(47)24-32)41-23-22-40(50-41)31(8)43-42(29(5)6)44(48-45(43)49-27-30(7)12-10-2)35-19-18-34(26-35)36-20-16-33(25-38(36)46)15-14-28(3)4;1-3-4-2/h16-25,28,30H,5,9-15,26-27H2,1-4,6-8H3;3-4H2,1-2H3/b43-31-;. The summed E-state index contributed by atoms with van der Waals surface area (Å²) >= 11 is 3.44. The van der Waals surface area contributed by atoms with Crippen LogP contribution in [-0.2, 0) is 12.8 Å². The summed E-state index contributed by atoms with van der Waals surface area (Å²) < 4.78 is 30.8. The van der Waals surface area contributed by atoms with Crippen LogP contribution in [-0.4, -0.2) is 10.8 Å². The molecule has 3 aromatic rings. The fourth-order valence-electron chi connectivity index (χ4n) is 6.74. The lowest BCUT2D eigenvalue weighted by Gasteiger charge is -2.15. The Labute approximate surface area is 334 Å². The normalized spacial score (nSPS) is 15.6. The van der Waals surface area contributed by atoms with Crippen LogP contribution in [0.15, 0.2) is 100 Å². The first-order valence-electron chi connectivity index (χ1n) is 20.3. The lowest BCUT2D eigenvalue weighted by molar-refractivity contribution is 0.581. The third-order valence-electron chi connectivity index (χ3n) is 10.2. The summed E-state index contributed by atoms with van der Waals surface area (Å²) in [6.45, 7) is 24.1. The van der Waals surface area contributed by atoms with Gasteiger partial charge in [0.05, 0.1) is 5.70 Å². The van der Waals surface area contributed by atoms with Crippen molar-refractivity contribution in [3.8, 4) is 10.4 Å². The first-order chi connectivity index (χ1) is 25.9. The van der Waals surface area contributed by atoms with Gasteiger partial charge in [-0.3, -0.25) is 0 Å². The first-order valence-corrected chi connectivity index (χ1v) is 22.1. The van der Waals surface area contributed by atoms with Gasteiger partial charge in [-0.2, -0.15) is 0 Å². The molecule has 1 aromatic heterocycles. The largest absolute Gasteiger partial charge is 0.240 e. The number of rotatable bonds is 16. The van der Waals surface area contributed by atoms with Gasteiger partial charge in [0, 0.05) is 44.2 Å². The van der Waals surface area contributed by atoms with E-state index in [9.17, 15) is 0 Å². The first kappa shape index (κ1) is 43.4. The molecule has 0 radical (unpaired) electrons. The van der Waals surface area contributed by atoms with Crippen LogP contribution in [0.25, 0.3) is 21.6 Å². The van der Waals surface area contributed by atoms with Crippen LogP contribution in [0.1, 0.15) is 135 Å². The third kappa shape index (κ3) is 11.4. The van der Waals surface area contributed by atoms with Crippen LogP contribution >= 0.6 is 23.1 Å². The van der Waals surface area contributed by atoms with Crippen molar-refractivity contribution in [2.24, 2.45) is 16.8 Å². The number of thioether (sulfide) groups is 1. The summed E-state index contributed by atoms with van der Waals surface area (Å²) in [5, 5.41) is 1.01. The molecule has 2 heterocycles. The highest BCUT2D eigenvalue weighted by Crippen LogP contribution is 2.46. The molecule has 290 valence electrons. The lowest BCUT2D eigenvalue weighted by Crippen LogP contribution is -2.05. The highest BCUT2D eigenvalue weighted by Gasteiger charge is 2.31. The molecule has 1 aliphatic heterocycles. The molecule has 1 aliphatic carbocycles. The smallest absolute Gasteiger partial charge is 0.132 e. The van der Waals surface area contributed by atoms with Crippen molar-refractivity contribution in [2.45, 2.75) is 127 Å². The molecule has 1 unspecified atom stereocenters. The second-order valence-corrected chi connectivity index (χ2v) is 17.6. The van der Waals surface area contributed by atoms with E-state index in [1.807, 2.05) is 30.0 Å². The van der Waals surface area contributed by atoms with E-state index in [1.165, 1.54) is 19.3 Å². The van der Waals surface area contributed by atoms with Gasteiger partial charge in [0.1, 0.15) is 16.7 Å². The monoisotopic (exact) mass is 767 g/mol. The van der Waals surface area contributed by atoms with Crippen molar-refractivity contribution in [1.82, 2.24) is 0 Å². The average Bonchev–Trinajstić information content (AvgIpc) is 3.92. The molecular weight excluding hydrogens is 705 g/mol. The molecule has 1 nitrogen and oxygen atoms in total. The zero-order valence-corrected chi connectivity index (χ0v) is 36.1. The Balaban J connectivity index is 0.00000155. The van der Waals surface area contributed by atoms with E-state index < -0.39 is 0 Å². The Morgan fingerprint density at radius 3 is 2.04 bits per heavy atom. The molecule has 1 atom stereocenters. The van der Waals surface area contributed by atoms with E-state index in [0.717, 1.165) is 109 Å². The average molecular weight is 768 g/mol. The van der Waals surface area contributed by atoms with Crippen molar-refractivity contribution in [3.63, 3.8) is 0 Å². The predicted molar refractivity (Wildman–Crippen MR) is 238 cm³/mol. The summed E-state index contributed by atoms with van der Waals surface area (Å²) in [7, 11) is 0. The van der Waals surface area contributed by atoms with Gasteiger partial charge in [0.15, 0.2) is 0 Å². The minimum atomic E-state index is -0.163. The number of thiophene rings is 1. The van der Waals surface area contributed by atoms with E-state index >= 15 is 8.78 Å². The van der Waals surface area contributed by atoms with Gasteiger partial charge in [-0.15, -0.1) is 23.1 Å². The maximum Gasteiger partial charge on any atom is 0.132 e. The summed E-state index contributed by atoms with van der Waals surface area (Å²) in [6, 6.07) is 15.6. The lowest BCUT2D eigenvalue weighted by atomic mass is 9.92. The fraction of sp³-hybridized carbons (Fsp3) is 0.449. The van der Waals surface area contributed by atoms with Gasteiger partial charge >= 0.3 is 0 Å². The third-order valence-corrected chi connectivity index (χ3v) is 12.7. The fourth-order valence-corrected chi connectivity index (χ4v) is 8.94. The van der Waals surface area contributed by atoms with Crippen LogP contribution in [0.2, 0.25) is 0 Å². The molecule has 0 spiro atoms. The minimum Gasteiger partial charge on any atom is -0.240 e. The van der Waals surface area contributed by atoms with Crippen LogP contribution in [0.3, 0.4) is 0 Å². The number of halogens is 2. The van der Waals surface area contributed by atoms with Crippen molar-refractivity contribution in [2.75, 3.05) is 5.75 Å². The Kier molecular flexibility index (Phi) is 17.0. The second-order valence-electron chi connectivity index (χ2n) is 15.5. The number of hydrogen-bond acceptors (Lipinski definition) is 3. The summed E-state index contributed by atoms with van der Waals surface area (Å²) in [5.41, 5.74) is 10.6. The van der Waals surface area contributed by atoms with Gasteiger partial charge in [-0.1, -0.05) is 124 Å². The number of allylic oxidation sites excluding steroid dienone is 7. The van der Waals surface area contributed by atoms with Gasteiger partial charge in [-0.25, -0.2) is 13.8 Å². The number of aliphatic imine (C=N–C) groups is 1. The number of benzene rings is 2. The van der Waals surface area contributed by atoms with Crippen molar-refractivity contribution >= 4 is 39.3 Å². The number of nitrogens with zero attached hydrogens (tertiary/aromatic N) is 1. The van der Waals surface area contributed by atoms with E-state index in [1.54, 1.807) is 23.5 Å².